The van der Waals surface area contributed by atoms with Crippen LogP contribution in [0.25, 0.3) is 0 Å². The quantitative estimate of drug-likeness (QED) is 0.846. The van der Waals surface area contributed by atoms with Crippen LogP contribution in [0.2, 0.25) is 5.02 Å². The molecule has 0 saturated carbocycles. The normalized spacial score (nSPS) is 11.8. The predicted octanol–water partition coefficient (Wildman–Crippen LogP) is 3.76. The molecule has 110 valence electrons. The third-order valence-corrected chi connectivity index (χ3v) is 3.12. The highest BCUT2D eigenvalue weighted by molar-refractivity contribution is 6.31. The number of aromatic hydroxyl groups is 1. The highest BCUT2D eigenvalue weighted by Crippen LogP contribution is 2.26. The van der Waals surface area contributed by atoms with Gasteiger partial charge < -0.3 is 15.2 Å². The Hall–Kier alpha value is -2.20. The van der Waals surface area contributed by atoms with Crippen molar-refractivity contribution in [3.05, 3.63) is 53.1 Å². The first kappa shape index (κ1) is 15.2. The van der Waals surface area contributed by atoms with Gasteiger partial charge in [-0.25, -0.2) is 0 Å². The van der Waals surface area contributed by atoms with Gasteiger partial charge in [-0.05, 0) is 49.7 Å². The molecule has 0 aliphatic heterocycles. The molecule has 5 heteroatoms. The molecule has 0 spiro atoms. The Morgan fingerprint density at radius 1 is 1.29 bits per heavy atom. The summed E-state index contributed by atoms with van der Waals surface area (Å²) in [7, 11) is 0. The third-order valence-electron chi connectivity index (χ3n) is 2.89. The number of rotatable bonds is 4. The van der Waals surface area contributed by atoms with E-state index in [2.05, 4.69) is 5.32 Å². The van der Waals surface area contributed by atoms with Crippen LogP contribution < -0.4 is 10.1 Å². The van der Waals surface area contributed by atoms with Gasteiger partial charge in [0.05, 0.1) is 5.69 Å². The Balaban J connectivity index is 2.04. The molecular weight excluding hydrogens is 290 g/mol. The van der Waals surface area contributed by atoms with Crippen LogP contribution in [0, 0.1) is 6.92 Å². The number of ether oxygens (including phenoxy) is 1. The number of phenols is 1. The molecule has 1 amide bonds. The van der Waals surface area contributed by atoms with Gasteiger partial charge in [0.1, 0.15) is 11.5 Å². The van der Waals surface area contributed by atoms with Gasteiger partial charge in [-0.15, -0.1) is 0 Å². The number of carbonyl (C=O) groups excluding carboxylic acids is 1. The van der Waals surface area contributed by atoms with E-state index in [1.807, 2.05) is 25.1 Å². The van der Waals surface area contributed by atoms with Crippen LogP contribution in [0.5, 0.6) is 11.5 Å². The Labute approximate surface area is 128 Å². The average Bonchev–Trinajstić information content (AvgIpc) is 2.43. The summed E-state index contributed by atoms with van der Waals surface area (Å²) in [4.78, 5) is 12.1. The summed E-state index contributed by atoms with van der Waals surface area (Å²) in [6, 6.07) is 11.9. The zero-order chi connectivity index (χ0) is 15.4. The van der Waals surface area contributed by atoms with Crippen molar-refractivity contribution in [2.45, 2.75) is 20.0 Å². The number of nitrogens with one attached hydrogen (secondary N) is 1. The number of hydrogen-bond acceptors (Lipinski definition) is 3. The minimum absolute atomic E-state index is 0.0458. The Morgan fingerprint density at radius 3 is 2.76 bits per heavy atom. The summed E-state index contributed by atoms with van der Waals surface area (Å²) in [5.74, 6) is 0.206. The van der Waals surface area contributed by atoms with Crippen molar-refractivity contribution in [1.29, 1.82) is 0 Å². The fraction of sp³-hybridized carbons (Fsp3) is 0.188. The SMILES string of the molecule is Cc1cccc(O[C@@H](C)C(=O)Nc2cc(Cl)ccc2O)c1. The highest BCUT2D eigenvalue weighted by Gasteiger charge is 2.16. The Kier molecular flexibility index (Phi) is 4.70. The molecule has 0 unspecified atom stereocenters. The van der Waals surface area contributed by atoms with Gasteiger partial charge in [0, 0.05) is 5.02 Å². The standard InChI is InChI=1S/C16H16ClNO3/c1-10-4-3-5-13(8-10)21-11(2)16(20)18-14-9-12(17)6-7-15(14)19/h3-9,11,19H,1-2H3,(H,18,20)/t11-/m0/s1. The van der Waals surface area contributed by atoms with Crippen molar-refractivity contribution < 1.29 is 14.6 Å². The Bertz CT molecular complexity index is 658. The van der Waals surface area contributed by atoms with Crippen molar-refractivity contribution in [3.63, 3.8) is 0 Å². The molecule has 1 atom stereocenters. The maximum atomic E-state index is 12.1. The summed E-state index contributed by atoms with van der Waals surface area (Å²) < 4.78 is 5.57. The number of amides is 1. The molecule has 2 rings (SSSR count). The summed E-state index contributed by atoms with van der Waals surface area (Å²) in [6.07, 6.45) is -0.704. The lowest BCUT2D eigenvalue weighted by molar-refractivity contribution is -0.122. The van der Waals surface area contributed by atoms with Crippen LogP contribution in [0.4, 0.5) is 5.69 Å². The largest absolute Gasteiger partial charge is 0.506 e. The van der Waals surface area contributed by atoms with Gasteiger partial charge >= 0.3 is 0 Å². The molecule has 4 nitrogen and oxygen atoms in total. The fourth-order valence-corrected chi connectivity index (χ4v) is 1.96. The predicted molar refractivity (Wildman–Crippen MR) is 83.0 cm³/mol. The summed E-state index contributed by atoms with van der Waals surface area (Å²) in [5, 5.41) is 12.7. The van der Waals surface area contributed by atoms with Crippen LogP contribution in [0.3, 0.4) is 0 Å². The van der Waals surface area contributed by atoms with Crippen molar-refractivity contribution in [2.24, 2.45) is 0 Å². The van der Waals surface area contributed by atoms with Gasteiger partial charge in [-0.2, -0.15) is 0 Å². The highest BCUT2D eigenvalue weighted by atomic mass is 35.5. The van der Waals surface area contributed by atoms with Crippen LogP contribution in [0.15, 0.2) is 42.5 Å². The molecule has 2 aromatic carbocycles. The van der Waals surface area contributed by atoms with E-state index < -0.39 is 6.10 Å². The summed E-state index contributed by atoms with van der Waals surface area (Å²) >= 11 is 5.83. The number of hydrogen-bond donors (Lipinski definition) is 2. The number of carbonyl (C=O) groups is 1. The fourth-order valence-electron chi connectivity index (χ4n) is 1.79. The van der Waals surface area contributed by atoms with E-state index in [1.165, 1.54) is 12.1 Å². The molecule has 0 radical (unpaired) electrons. The zero-order valence-electron chi connectivity index (χ0n) is 11.8. The number of anilines is 1. The lowest BCUT2D eigenvalue weighted by Crippen LogP contribution is -2.30. The van der Waals surface area contributed by atoms with Crippen LogP contribution in [-0.2, 0) is 4.79 Å². The number of halogens is 1. The minimum atomic E-state index is -0.704. The second kappa shape index (κ2) is 6.50. The molecule has 2 aromatic rings. The van der Waals surface area contributed by atoms with Crippen LogP contribution >= 0.6 is 11.6 Å². The van der Waals surface area contributed by atoms with E-state index in [-0.39, 0.29) is 17.3 Å². The van der Waals surface area contributed by atoms with E-state index in [0.717, 1.165) is 5.56 Å². The van der Waals surface area contributed by atoms with Gasteiger partial charge in [-0.3, -0.25) is 4.79 Å². The summed E-state index contributed by atoms with van der Waals surface area (Å²) in [5.41, 5.74) is 1.31. The van der Waals surface area contributed by atoms with Gasteiger partial charge in [0.25, 0.3) is 5.91 Å². The van der Waals surface area contributed by atoms with E-state index in [0.29, 0.717) is 10.8 Å². The molecule has 0 bridgehead atoms. The first-order valence-corrected chi connectivity index (χ1v) is 6.86. The molecular formula is C16H16ClNO3. The van der Waals surface area contributed by atoms with Gasteiger partial charge in [-0.1, -0.05) is 23.7 Å². The molecule has 0 heterocycles. The molecule has 2 N–H and O–H groups in total. The maximum absolute atomic E-state index is 12.1. The van der Waals surface area contributed by atoms with Crippen molar-refractivity contribution in [3.8, 4) is 11.5 Å². The van der Waals surface area contributed by atoms with Crippen molar-refractivity contribution in [2.75, 3.05) is 5.32 Å². The zero-order valence-corrected chi connectivity index (χ0v) is 12.5. The molecule has 0 aliphatic rings. The lowest BCUT2D eigenvalue weighted by atomic mass is 10.2. The smallest absolute Gasteiger partial charge is 0.265 e. The first-order chi connectivity index (χ1) is 9.95. The van der Waals surface area contributed by atoms with Crippen LogP contribution in [-0.4, -0.2) is 17.1 Å². The van der Waals surface area contributed by atoms with Crippen LogP contribution in [0.1, 0.15) is 12.5 Å². The lowest BCUT2D eigenvalue weighted by Gasteiger charge is -2.15. The molecule has 0 fully saturated rings. The second-order valence-corrected chi connectivity index (χ2v) is 5.16. The van der Waals surface area contributed by atoms with Crippen molar-refractivity contribution >= 4 is 23.2 Å². The number of benzene rings is 2. The minimum Gasteiger partial charge on any atom is -0.506 e. The molecule has 0 saturated heterocycles. The summed E-state index contributed by atoms with van der Waals surface area (Å²) in [6.45, 7) is 3.58. The third kappa shape index (κ3) is 4.13. The number of phenolic OH excluding ortho intramolecular Hbond substituents is 1. The number of aryl methyl sites for hydroxylation is 1. The van der Waals surface area contributed by atoms with Gasteiger partial charge in [0.2, 0.25) is 0 Å². The second-order valence-electron chi connectivity index (χ2n) is 4.73. The maximum Gasteiger partial charge on any atom is 0.265 e. The topological polar surface area (TPSA) is 58.6 Å². The molecule has 21 heavy (non-hydrogen) atoms. The van der Waals surface area contributed by atoms with E-state index in [4.69, 9.17) is 16.3 Å². The van der Waals surface area contributed by atoms with E-state index >= 15 is 0 Å². The molecule has 0 aliphatic carbocycles. The molecule has 0 aromatic heterocycles. The van der Waals surface area contributed by atoms with E-state index in [9.17, 15) is 9.90 Å². The van der Waals surface area contributed by atoms with Crippen molar-refractivity contribution in [1.82, 2.24) is 0 Å². The Morgan fingerprint density at radius 2 is 2.05 bits per heavy atom. The first-order valence-electron chi connectivity index (χ1n) is 6.48. The average molecular weight is 306 g/mol. The van der Waals surface area contributed by atoms with E-state index in [1.54, 1.807) is 19.1 Å². The monoisotopic (exact) mass is 305 g/mol. The van der Waals surface area contributed by atoms with Gasteiger partial charge in [0.15, 0.2) is 6.10 Å².